The van der Waals surface area contributed by atoms with E-state index in [-0.39, 0.29) is 35.1 Å². The molecule has 0 aliphatic heterocycles. The molecule has 0 spiro atoms. The Morgan fingerprint density at radius 3 is 2.27 bits per heavy atom. The first-order valence-electron chi connectivity index (χ1n) is 8.00. The van der Waals surface area contributed by atoms with Crippen molar-refractivity contribution in [3.05, 3.63) is 82.4 Å². The van der Waals surface area contributed by atoms with Crippen molar-refractivity contribution in [3.63, 3.8) is 0 Å². The Balaban J connectivity index is 0.00000243. The second-order valence-electron chi connectivity index (χ2n) is 6.24. The Morgan fingerprint density at radius 1 is 1.08 bits per heavy atom. The molecule has 6 heteroatoms. The Labute approximate surface area is 174 Å². The number of aliphatic hydroxyl groups excluding tert-OH is 1. The molecule has 1 atom stereocenters. The predicted octanol–water partition coefficient (Wildman–Crippen LogP) is 3.20. The van der Waals surface area contributed by atoms with E-state index in [1.807, 2.05) is 49.7 Å². The zero-order valence-corrected chi connectivity index (χ0v) is 17.4. The van der Waals surface area contributed by atoms with E-state index in [1.165, 1.54) is 0 Å². The fraction of sp³-hybridized carbons (Fsp3) is 0.200. The largest absolute Gasteiger partial charge is 0.478 e. The number of aromatic carboxylic acids is 1. The molecule has 129 valence electrons. The summed E-state index contributed by atoms with van der Waals surface area (Å²) in [7, 11) is 0. The molecule has 0 saturated heterocycles. The number of carboxylic acid groups (broad SMARTS) is 1. The fourth-order valence-corrected chi connectivity index (χ4v) is 3.18. The zero-order chi connectivity index (χ0) is 18.1. The molecule has 0 saturated carbocycles. The van der Waals surface area contributed by atoms with Crippen molar-refractivity contribution in [3.8, 4) is 5.69 Å². The number of hydrogen-bond donors (Lipinski definition) is 2. The molecule has 5 nitrogen and oxygen atoms in total. The molecule has 3 rings (SSSR count). The predicted molar refractivity (Wildman–Crippen MR) is 101 cm³/mol. The van der Waals surface area contributed by atoms with Crippen LogP contribution in [0.15, 0.2) is 49.1 Å². The second-order valence-corrected chi connectivity index (χ2v) is 6.24. The van der Waals surface area contributed by atoms with Gasteiger partial charge in [-0.25, -0.2) is 9.78 Å². The number of aliphatic hydroxyl groups is 1. The molecule has 1 radical (unpaired) electrons. The standard InChI is InChI=1S/C20H20N2O3.Na/c1-12-4-5-16(22-7-6-21-11-22)10-17(12)19(23)18-13(2)8-15(20(24)25)9-14(18)3;/h4-11,19,23H,1-3H3,(H,24,25);. The fourth-order valence-electron chi connectivity index (χ4n) is 3.18. The van der Waals surface area contributed by atoms with Gasteiger partial charge >= 0.3 is 5.97 Å². The maximum absolute atomic E-state index is 11.2. The van der Waals surface area contributed by atoms with Gasteiger partial charge in [-0.15, -0.1) is 0 Å². The van der Waals surface area contributed by atoms with Crippen molar-refractivity contribution in [1.29, 1.82) is 0 Å². The summed E-state index contributed by atoms with van der Waals surface area (Å²) in [5, 5.41) is 20.2. The third kappa shape index (κ3) is 3.91. The van der Waals surface area contributed by atoms with Crippen LogP contribution >= 0.6 is 0 Å². The van der Waals surface area contributed by atoms with Crippen molar-refractivity contribution in [2.24, 2.45) is 0 Å². The van der Waals surface area contributed by atoms with Crippen molar-refractivity contribution in [1.82, 2.24) is 9.55 Å². The van der Waals surface area contributed by atoms with E-state index in [0.717, 1.165) is 33.5 Å². The molecule has 2 N–H and O–H groups in total. The average molecular weight is 359 g/mol. The average Bonchev–Trinajstić information content (AvgIpc) is 3.08. The summed E-state index contributed by atoms with van der Waals surface area (Å²) in [5.74, 6) is -0.967. The summed E-state index contributed by atoms with van der Waals surface area (Å²) < 4.78 is 1.88. The maximum Gasteiger partial charge on any atom is 0.335 e. The third-order valence-electron chi connectivity index (χ3n) is 4.47. The monoisotopic (exact) mass is 359 g/mol. The minimum Gasteiger partial charge on any atom is -0.478 e. The normalized spacial score (nSPS) is 11.7. The Hall–Kier alpha value is -1.92. The number of carbonyl (C=O) groups is 1. The van der Waals surface area contributed by atoms with Crippen LogP contribution in [0.4, 0.5) is 0 Å². The number of aromatic nitrogens is 2. The summed E-state index contributed by atoms with van der Waals surface area (Å²) in [4.78, 5) is 15.3. The van der Waals surface area contributed by atoms with Crippen LogP contribution in [-0.2, 0) is 0 Å². The number of hydrogen-bond acceptors (Lipinski definition) is 3. The van der Waals surface area contributed by atoms with Crippen LogP contribution in [0.25, 0.3) is 5.69 Å². The molecule has 2 aromatic carbocycles. The van der Waals surface area contributed by atoms with E-state index in [1.54, 1.807) is 24.7 Å². The maximum atomic E-state index is 11.2. The van der Waals surface area contributed by atoms with E-state index in [0.29, 0.717) is 0 Å². The zero-order valence-electron chi connectivity index (χ0n) is 15.4. The first-order valence-corrected chi connectivity index (χ1v) is 8.00. The molecule has 0 aliphatic rings. The summed E-state index contributed by atoms with van der Waals surface area (Å²) in [6.45, 7) is 5.60. The van der Waals surface area contributed by atoms with Crippen LogP contribution in [0.1, 0.15) is 44.3 Å². The summed E-state index contributed by atoms with van der Waals surface area (Å²) in [6.07, 6.45) is 4.43. The smallest absolute Gasteiger partial charge is 0.335 e. The van der Waals surface area contributed by atoms with Crippen molar-refractivity contribution in [2.75, 3.05) is 0 Å². The van der Waals surface area contributed by atoms with Crippen LogP contribution in [0.5, 0.6) is 0 Å². The summed E-state index contributed by atoms with van der Waals surface area (Å²) in [5.41, 5.74) is 5.17. The molecule has 0 aliphatic carbocycles. The number of benzene rings is 2. The van der Waals surface area contributed by atoms with Gasteiger partial charge in [0.05, 0.1) is 11.9 Å². The van der Waals surface area contributed by atoms with Crippen LogP contribution < -0.4 is 0 Å². The van der Waals surface area contributed by atoms with Gasteiger partial charge in [0, 0.05) is 47.6 Å². The first kappa shape index (κ1) is 20.4. The van der Waals surface area contributed by atoms with Crippen LogP contribution in [-0.4, -0.2) is 55.3 Å². The van der Waals surface area contributed by atoms with Crippen molar-refractivity contribution < 1.29 is 15.0 Å². The Morgan fingerprint density at radius 2 is 1.73 bits per heavy atom. The summed E-state index contributed by atoms with van der Waals surface area (Å²) in [6, 6.07) is 9.07. The topological polar surface area (TPSA) is 75.3 Å². The molecule has 26 heavy (non-hydrogen) atoms. The van der Waals surface area contributed by atoms with E-state index in [4.69, 9.17) is 0 Å². The van der Waals surface area contributed by atoms with Gasteiger partial charge < -0.3 is 14.8 Å². The number of nitrogens with zero attached hydrogens (tertiary/aromatic N) is 2. The Bertz CT molecular complexity index is 913. The Kier molecular flexibility index (Phi) is 6.42. The summed E-state index contributed by atoms with van der Waals surface area (Å²) >= 11 is 0. The molecule has 0 amide bonds. The van der Waals surface area contributed by atoms with Crippen LogP contribution in [0.2, 0.25) is 0 Å². The molecule has 1 unspecified atom stereocenters. The number of rotatable bonds is 4. The second kappa shape index (κ2) is 8.18. The SMILES string of the molecule is Cc1ccc(-n2ccnc2)cc1C(O)c1c(C)cc(C(=O)O)cc1C.[Na]. The molecule has 0 fully saturated rings. The molecule has 1 heterocycles. The van der Waals surface area contributed by atoms with Gasteiger partial charge in [-0.2, -0.15) is 0 Å². The van der Waals surface area contributed by atoms with Gasteiger partial charge in [0.15, 0.2) is 0 Å². The first-order chi connectivity index (χ1) is 11.9. The van der Waals surface area contributed by atoms with Gasteiger partial charge in [0.1, 0.15) is 6.10 Å². The van der Waals surface area contributed by atoms with Crippen molar-refractivity contribution >= 4 is 35.5 Å². The van der Waals surface area contributed by atoms with E-state index in [9.17, 15) is 15.0 Å². The van der Waals surface area contributed by atoms with E-state index in [2.05, 4.69) is 4.98 Å². The molecular weight excluding hydrogens is 339 g/mol. The van der Waals surface area contributed by atoms with Gasteiger partial charge in [0.2, 0.25) is 0 Å². The number of aryl methyl sites for hydroxylation is 3. The molecule has 3 aromatic rings. The quantitative estimate of drug-likeness (QED) is 0.702. The van der Waals surface area contributed by atoms with Crippen LogP contribution in [0.3, 0.4) is 0 Å². The molecular formula is C20H20N2NaO3. The molecule has 1 aromatic heterocycles. The minimum atomic E-state index is -0.967. The van der Waals surface area contributed by atoms with Crippen LogP contribution in [0, 0.1) is 20.8 Å². The number of carboxylic acids is 1. The van der Waals surface area contributed by atoms with Gasteiger partial charge in [-0.1, -0.05) is 6.07 Å². The van der Waals surface area contributed by atoms with Gasteiger partial charge in [-0.3, -0.25) is 0 Å². The minimum absolute atomic E-state index is 0. The van der Waals surface area contributed by atoms with E-state index >= 15 is 0 Å². The third-order valence-corrected chi connectivity index (χ3v) is 4.47. The number of imidazole rings is 1. The van der Waals surface area contributed by atoms with E-state index < -0.39 is 12.1 Å². The van der Waals surface area contributed by atoms with Gasteiger partial charge in [0.25, 0.3) is 0 Å². The van der Waals surface area contributed by atoms with Gasteiger partial charge in [-0.05, 0) is 72.9 Å². The van der Waals surface area contributed by atoms with Crippen molar-refractivity contribution in [2.45, 2.75) is 26.9 Å². The molecule has 0 bridgehead atoms.